The van der Waals surface area contributed by atoms with Gasteiger partial charge in [0.15, 0.2) is 0 Å². The van der Waals surface area contributed by atoms with Crippen molar-refractivity contribution in [3.63, 3.8) is 0 Å². The summed E-state index contributed by atoms with van der Waals surface area (Å²) in [6.07, 6.45) is 0.112. The van der Waals surface area contributed by atoms with Crippen LogP contribution in [0.5, 0.6) is 0 Å². The number of aromatic nitrogens is 1. The van der Waals surface area contributed by atoms with Gasteiger partial charge in [-0.2, -0.15) is 0 Å². The number of aliphatic hydroxyl groups is 1. The van der Waals surface area contributed by atoms with Crippen molar-refractivity contribution in [3.05, 3.63) is 21.9 Å². The fourth-order valence-electron chi connectivity index (χ4n) is 2.41. The van der Waals surface area contributed by atoms with Gasteiger partial charge in [-0.3, -0.25) is 4.79 Å². The van der Waals surface area contributed by atoms with Crippen molar-refractivity contribution in [2.24, 2.45) is 0 Å². The number of H-pyrrole nitrogens is 1. The van der Waals surface area contributed by atoms with Crippen molar-refractivity contribution in [1.82, 2.24) is 14.8 Å². The zero-order chi connectivity index (χ0) is 14.2. The zero-order valence-electron chi connectivity index (χ0n) is 10.9. The number of likely N-dealkylation sites (tertiary alicyclic amines) is 1. The molecule has 1 aliphatic heterocycles. The second-order valence-electron chi connectivity index (χ2n) is 5.11. The third-order valence-electron chi connectivity index (χ3n) is 3.18. The molecule has 0 aromatic carbocycles. The number of nitrogens with zero attached hydrogens (tertiary/aromatic N) is 2. The lowest BCUT2D eigenvalue weighted by atomic mass is 10.2. The average Bonchev–Trinajstić information content (AvgIpc) is 2.82. The summed E-state index contributed by atoms with van der Waals surface area (Å²) in [7, 11) is 3.88. The molecule has 106 valence electrons. The molecule has 1 fully saturated rings. The third-order valence-corrected chi connectivity index (χ3v) is 3.88. The highest BCUT2D eigenvalue weighted by Crippen LogP contribution is 2.25. The molecule has 1 saturated heterocycles. The topological polar surface area (TPSA) is 59.6 Å². The molecule has 1 aromatic rings. The van der Waals surface area contributed by atoms with Gasteiger partial charge in [0.05, 0.1) is 11.1 Å². The average molecular weight is 306 g/mol. The molecule has 2 heterocycles. The molecule has 5 nitrogen and oxygen atoms in total. The van der Waals surface area contributed by atoms with Crippen LogP contribution < -0.4 is 0 Å². The van der Waals surface area contributed by atoms with E-state index >= 15 is 0 Å². The van der Waals surface area contributed by atoms with Crippen LogP contribution in [0.1, 0.15) is 16.9 Å². The van der Waals surface area contributed by atoms with Crippen molar-refractivity contribution in [3.8, 4) is 0 Å². The molecule has 1 aromatic heterocycles. The summed E-state index contributed by atoms with van der Waals surface area (Å²) in [4.78, 5) is 18.8. The quantitative estimate of drug-likeness (QED) is 0.889. The largest absolute Gasteiger partial charge is 0.391 e. The smallest absolute Gasteiger partial charge is 0.270 e. The molecule has 2 unspecified atom stereocenters. The summed E-state index contributed by atoms with van der Waals surface area (Å²) in [5.74, 6) is -0.183. The SMILES string of the molecule is CN(C)CC1CC(O)CN1C(=O)c1cc(Cl)c(Cl)[nH]1. The monoisotopic (exact) mass is 305 g/mol. The normalized spacial score (nSPS) is 23.4. The fourth-order valence-corrected chi connectivity index (χ4v) is 2.72. The number of halogens is 2. The second kappa shape index (κ2) is 5.71. The van der Waals surface area contributed by atoms with Crippen molar-refractivity contribution < 1.29 is 9.90 Å². The molecular weight excluding hydrogens is 289 g/mol. The number of hydrogen-bond donors (Lipinski definition) is 2. The van der Waals surface area contributed by atoms with E-state index in [2.05, 4.69) is 4.98 Å². The van der Waals surface area contributed by atoms with Gasteiger partial charge in [-0.1, -0.05) is 23.2 Å². The van der Waals surface area contributed by atoms with Crippen LogP contribution in [-0.2, 0) is 0 Å². The maximum Gasteiger partial charge on any atom is 0.270 e. The van der Waals surface area contributed by atoms with Crippen LogP contribution >= 0.6 is 23.2 Å². The highest BCUT2D eigenvalue weighted by molar-refractivity contribution is 6.41. The molecule has 0 radical (unpaired) electrons. The van der Waals surface area contributed by atoms with Gasteiger partial charge in [0.25, 0.3) is 5.91 Å². The van der Waals surface area contributed by atoms with Crippen LogP contribution in [0.3, 0.4) is 0 Å². The molecular formula is C12H17Cl2N3O2. The Kier molecular flexibility index (Phi) is 4.40. The molecule has 7 heteroatoms. The van der Waals surface area contributed by atoms with Crippen molar-refractivity contribution in [2.45, 2.75) is 18.6 Å². The van der Waals surface area contributed by atoms with Gasteiger partial charge >= 0.3 is 0 Å². The van der Waals surface area contributed by atoms with Gasteiger partial charge in [-0.05, 0) is 26.6 Å². The van der Waals surface area contributed by atoms with Gasteiger partial charge in [0, 0.05) is 19.1 Å². The Labute approximate surface area is 122 Å². The van der Waals surface area contributed by atoms with Crippen LogP contribution in [0, 0.1) is 0 Å². The summed E-state index contributed by atoms with van der Waals surface area (Å²) in [6.45, 7) is 1.05. The summed E-state index contributed by atoms with van der Waals surface area (Å²) < 4.78 is 0. The first kappa shape index (κ1) is 14.7. The Morgan fingerprint density at radius 3 is 2.79 bits per heavy atom. The van der Waals surface area contributed by atoms with Crippen LogP contribution in [0.25, 0.3) is 0 Å². The lowest BCUT2D eigenvalue weighted by molar-refractivity contribution is 0.0694. The Morgan fingerprint density at radius 1 is 1.58 bits per heavy atom. The highest BCUT2D eigenvalue weighted by atomic mass is 35.5. The lowest BCUT2D eigenvalue weighted by Gasteiger charge is -2.26. The number of rotatable bonds is 3. The Bertz CT molecular complexity index is 456. The minimum Gasteiger partial charge on any atom is -0.391 e. The number of amides is 1. The lowest BCUT2D eigenvalue weighted by Crippen LogP contribution is -2.41. The first-order valence-electron chi connectivity index (χ1n) is 6.06. The van der Waals surface area contributed by atoms with Crippen LogP contribution in [-0.4, -0.2) is 65.1 Å². The molecule has 2 rings (SSSR count). The number of likely N-dealkylation sites (N-methyl/N-ethyl adjacent to an activating group) is 1. The van der Waals surface area contributed by atoms with Gasteiger partial charge in [-0.25, -0.2) is 0 Å². The summed E-state index contributed by atoms with van der Waals surface area (Å²) in [6, 6.07) is 1.52. The van der Waals surface area contributed by atoms with E-state index in [1.54, 1.807) is 4.90 Å². The van der Waals surface area contributed by atoms with E-state index in [0.29, 0.717) is 30.2 Å². The maximum absolute atomic E-state index is 12.4. The number of aliphatic hydroxyl groups excluding tert-OH is 1. The minimum absolute atomic E-state index is 0.00153. The fraction of sp³-hybridized carbons (Fsp3) is 0.583. The first-order chi connectivity index (χ1) is 8.88. The number of hydrogen-bond acceptors (Lipinski definition) is 3. The van der Waals surface area contributed by atoms with E-state index in [4.69, 9.17) is 23.2 Å². The van der Waals surface area contributed by atoms with E-state index in [0.717, 1.165) is 0 Å². The predicted molar refractivity (Wildman–Crippen MR) is 74.8 cm³/mol. The molecule has 0 saturated carbocycles. The molecule has 19 heavy (non-hydrogen) atoms. The zero-order valence-corrected chi connectivity index (χ0v) is 12.4. The van der Waals surface area contributed by atoms with E-state index in [9.17, 15) is 9.90 Å². The van der Waals surface area contributed by atoms with Gasteiger partial charge in [0.1, 0.15) is 10.8 Å². The van der Waals surface area contributed by atoms with Crippen LogP contribution in [0.15, 0.2) is 6.07 Å². The standard InChI is InChI=1S/C12H17Cl2N3O2/c1-16(2)5-7-3-8(18)6-17(7)12(19)10-4-9(13)11(14)15-10/h4,7-8,15,18H,3,5-6H2,1-2H3. The number of β-amino-alcohol motifs (C(OH)–C–C–N with tert-alkyl or cyclic N) is 1. The molecule has 0 spiro atoms. The van der Waals surface area contributed by atoms with Crippen LogP contribution in [0.4, 0.5) is 0 Å². The summed E-state index contributed by atoms with van der Waals surface area (Å²) >= 11 is 11.7. The number of aromatic amines is 1. The van der Waals surface area contributed by atoms with E-state index in [-0.39, 0.29) is 17.1 Å². The molecule has 1 aliphatic rings. The number of carbonyl (C=O) groups excluding carboxylic acids is 1. The van der Waals surface area contributed by atoms with Gasteiger partial charge in [-0.15, -0.1) is 0 Å². The van der Waals surface area contributed by atoms with E-state index in [1.807, 2.05) is 19.0 Å². The Hall–Kier alpha value is -0.750. The minimum atomic E-state index is -0.477. The Morgan fingerprint density at radius 2 is 2.26 bits per heavy atom. The molecule has 2 atom stereocenters. The maximum atomic E-state index is 12.4. The van der Waals surface area contributed by atoms with Crippen molar-refractivity contribution in [2.75, 3.05) is 27.2 Å². The molecule has 1 amide bonds. The van der Waals surface area contributed by atoms with E-state index < -0.39 is 6.10 Å². The Balaban J connectivity index is 2.16. The van der Waals surface area contributed by atoms with Gasteiger partial charge in [0.2, 0.25) is 0 Å². The van der Waals surface area contributed by atoms with E-state index in [1.165, 1.54) is 6.07 Å². The van der Waals surface area contributed by atoms with Crippen LogP contribution in [0.2, 0.25) is 10.2 Å². The molecule has 2 N–H and O–H groups in total. The summed E-state index contributed by atoms with van der Waals surface area (Å²) in [5.41, 5.74) is 0.354. The van der Waals surface area contributed by atoms with Crippen molar-refractivity contribution in [1.29, 1.82) is 0 Å². The molecule has 0 aliphatic carbocycles. The second-order valence-corrected chi connectivity index (χ2v) is 5.89. The number of carbonyl (C=O) groups is 1. The highest BCUT2D eigenvalue weighted by Gasteiger charge is 2.35. The van der Waals surface area contributed by atoms with Gasteiger partial charge < -0.3 is 19.9 Å². The van der Waals surface area contributed by atoms with Crippen molar-refractivity contribution >= 4 is 29.1 Å². The third kappa shape index (κ3) is 3.23. The first-order valence-corrected chi connectivity index (χ1v) is 6.82. The number of nitrogens with one attached hydrogen (secondary N) is 1. The molecule has 0 bridgehead atoms. The summed E-state index contributed by atoms with van der Waals surface area (Å²) in [5, 5.41) is 10.3. The predicted octanol–water partition coefficient (Wildman–Crippen LogP) is 1.46.